The summed E-state index contributed by atoms with van der Waals surface area (Å²) in [5, 5.41) is 0.642. The van der Waals surface area contributed by atoms with Gasteiger partial charge in [-0.15, -0.1) is 12.4 Å². The molecule has 2 aromatic carbocycles. The molecule has 0 aliphatic carbocycles. The first-order valence-corrected chi connectivity index (χ1v) is 11.6. The molecule has 0 N–H and O–H groups in total. The molecule has 0 aliphatic rings. The van der Waals surface area contributed by atoms with Crippen molar-refractivity contribution in [2.24, 2.45) is 0 Å². The van der Waals surface area contributed by atoms with Crippen molar-refractivity contribution < 1.29 is 19.1 Å². The number of aromatic nitrogens is 1. The first-order valence-electron chi connectivity index (χ1n) is 10.8. The van der Waals surface area contributed by atoms with Gasteiger partial charge in [0, 0.05) is 18.7 Å². The molecule has 7 nitrogen and oxygen atoms in total. The van der Waals surface area contributed by atoms with Gasteiger partial charge in [0.1, 0.15) is 5.75 Å². The molecule has 0 radical (unpaired) electrons. The molecule has 0 unspecified atom stereocenters. The Hall–Kier alpha value is -2.68. The number of anilines is 1. The maximum atomic E-state index is 13.5. The van der Waals surface area contributed by atoms with Crippen molar-refractivity contribution in [3.05, 3.63) is 53.6 Å². The maximum Gasteiger partial charge on any atom is 0.337 e. The molecule has 3 aromatic rings. The molecule has 0 fully saturated rings. The number of nitrogens with zero attached hydrogens (tertiary/aromatic N) is 3. The molecule has 0 aliphatic heterocycles. The molecule has 1 amide bonds. The summed E-state index contributed by atoms with van der Waals surface area (Å²) < 4.78 is 11.3. The summed E-state index contributed by atoms with van der Waals surface area (Å²) in [6, 6.07) is 12.3. The second-order valence-corrected chi connectivity index (χ2v) is 8.12. The smallest absolute Gasteiger partial charge is 0.337 e. The van der Waals surface area contributed by atoms with Crippen molar-refractivity contribution in [1.29, 1.82) is 0 Å². The van der Waals surface area contributed by atoms with E-state index in [1.807, 2.05) is 25.1 Å². The van der Waals surface area contributed by atoms with Crippen molar-refractivity contribution in [2.45, 2.75) is 20.8 Å². The highest BCUT2D eigenvalue weighted by atomic mass is 35.5. The van der Waals surface area contributed by atoms with E-state index in [2.05, 4.69) is 18.7 Å². The molecule has 9 heteroatoms. The number of fused-ring (bicyclic) bond motifs is 1. The van der Waals surface area contributed by atoms with Crippen LogP contribution in [0.1, 0.15) is 41.5 Å². The van der Waals surface area contributed by atoms with Crippen molar-refractivity contribution in [3.63, 3.8) is 0 Å². The SMILES string of the molecule is CCOc1ccc2nc(N(CCN(CC)CC)C(=O)c3ccc(C(=O)OC)cc3)sc2c1.Cl. The fraction of sp³-hybridized carbons (Fsp3) is 0.375. The minimum atomic E-state index is -0.432. The van der Waals surface area contributed by atoms with E-state index in [1.54, 1.807) is 29.2 Å². The average molecular weight is 492 g/mol. The largest absolute Gasteiger partial charge is 0.494 e. The molecule has 0 bridgehead atoms. The zero-order valence-electron chi connectivity index (χ0n) is 19.4. The Labute approximate surface area is 204 Å². The van der Waals surface area contributed by atoms with E-state index < -0.39 is 5.97 Å². The van der Waals surface area contributed by atoms with E-state index in [4.69, 9.17) is 14.5 Å². The van der Waals surface area contributed by atoms with E-state index in [1.165, 1.54) is 18.4 Å². The second-order valence-electron chi connectivity index (χ2n) is 7.11. The maximum absolute atomic E-state index is 13.5. The third-order valence-electron chi connectivity index (χ3n) is 5.22. The Morgan fingerprint density at radius 3 is 2.24 bits per heavy atom. The summed E-state index contributed by atoms with van der Waals surface area (Å²) in [6.45, 7) is 9.81. The van der Waals surface area contributed by atoms with Crippen molar-refractivity contribution in [3.8, 4) is 5.75 Å². The second kappa shape index (κ2) is 12.5. The highest BCUT2D eigenvalue weighted by Crippen LogP contribution is 2.32. The van der Waals surface area contributed by atoms with Gasteiger partial charge in [-0.1, -0.05) is 25.2 Å². The molecule has 1 heterocycles. The fourth-order valence-corrected chi connectivity index (χ4v) is 4.37. The fourth-order valence-electron chi connectivity index (χ4n) is 3.35. The topological polar surface area (TPSA) is 72.0 Å². The summed E-state index contributed by atoms with van der Waals surface area (Å²) in [4.78, 5) is 33.9. The first kappa shape index (κ1) is 26.6. The summed E-state index contributed by atoms with van der Waals surface area (Å²) in [5.41, 5.74) is 1.73. The number of amides is 1. The molecule has 0 saturated heterocycles. The van der Waals surface area contributed by atoms with Gasteiger partial charge in [-0.3, -0.25) is 9.69 Å². The van der Waals surface area contributed by atoms with Gasteiger partial charge in [0.25, 0.3) is 5.91 Å². The lowest BCUT2D eigenvalue weighted by Crippen LogP contribution is -2.38. The first-order chi connectivity index (χ1) is 15.5. The highest BCUT2D eigenvalue weighted by molar-refractivity contribution is 7.22. The van der Waals surface area contributed by atoms with Gasteiger partial charge in [0.05, 0.1) is 29.5 Å². The molecule has 0 atom stereocenters. The van der Waals surface area contributed by atoms with Crippen molar-refractivity contribution in [2.75, 3.05) is 44.8 Å². The lowest BCUT2D eigenvalue weighted by atomic mass is 10.1. The third kappa shape index (κ3) is 6.43. The normalized spacial score (nSPS) is 10.7. The molecule has 3 rings (SSSR count). The third-order valence-corrected chi connectivity index (χ3v) is 6.26. The van der Waals surface area contributed by atoms with Crippen molar-refractivity contribution in [1.82, 2.24) is 9.88 Å². The summed E-state index contributed by atoms with van der Waals surface area (Å²) in [7, 11) is 1.33. The quantitative estimate of drug-likeness (QED) is 0.376. The Morgan fingerprint density at radius 2 is 1.64 bits per heavy atom. The van der Waals surface area contributed by atoms with Gasteiger partial charge in [-0.2, -0.15) is 0 Å². The van der Waals surface area contributed by atoms with E-state index >= 15 is 0 Å². The molecular formula is C24H30ClN3O4S. The molecule has 33 heavy (non-hydrogen) atoms. The van der Waals surface area contributed by atoms with Gasteiger partial charge in [-0.25, -0.2) is 9.78 Å². The average Bonchev–Trinajstić information content (AvgIpc) is 3.24. The predicted molar refractivity (Wildman–Crippen MR) is 135 cm³/mol. The van der Waals surface area contributed by atoms with Crippen LogP contribution in [-0.2, 0) is 4.74 Å². The van der Waals surface area contributed by atoms with Gasteiger partial charge in [0.15, 0.2) is 5.13 Å². The predicted octanol–water partition coefficient (Wildman–Crippen LogP) is 4.89. The molecule has 178 valence electrons. The number of hydrogen-bond donors (Lipinski definition) is 0. The van der Waals surface area contributed by atoms with E-state index in [0.717, 1.165) is 35.6 Å². The minimum Gasteiger partial charge on any atom is -0.494 e. The minimum absolute atomic E-state index is 0. The number of rotatable bonds is 10. The van der Waals surface area contributed by atoms with Crippen LogP contribution in [0.25, 0.3) is 10.2 Å². The van der Waals surface area contributed by atoms with Gasteiger partial charge in [-0.05, 0) is 62.5 Å². The van der Waals surface area contributed by atoms with Gasteiger partial charge < -0.3 is 14.4 Å². The summed E-state index contributed by atoms with van der Waals surface area (Å²) in [5.74, 6) is 0.200. The molecule has 1 aromatic heterocycles. The van der Waals surface area contributed by atoms with Crippen LogP contribution < -0.4 is 9.64 Å². The standard InChI is InChI=1S/C24H29N3O4S.ClH/c1-5-26(6-2)14-15-27(22(28)17-8-10-18(11-9-17)23(29)30-4)24-25-20-13-12-19(31-7-3)16-21(20)32-24;/h8-13,16H,5-7,14-15H2,1-4H3;1H. The lowest BCUT2D eigenvalue weighted by molar-refractivity contribution is 0.0600. The number of esters is 1. The van der Waals surface area contributed by atoms with E-state index in [9.17, 15) is 9.59 Å². The number of carbonyl (C=O) groups is 2. The molecule has 0 saturated carbocycles. The number of hydrogen-bond acceptors (Lipinski definition) is 7. The zero-order valence-corrected chi connectivity index (χ0v) is 21.0. The Balaban J connectivity index is 0.00000385. The van der Waals surface area contributed by atoms with E-state index in [0.29, 0.717) is 29.4 Å². The molecular weight excluding hydrogens is 462 g/mol. The Bertz CT molecular complexity index is 1070. The Kier molecular flexibility index (Phi) is 10.1. The number of likely N-dealkylation sites (N-methyl/N-ethyl adjacent to an activating group) is 1. The van der Waals surface area contributed by atoms with E-state index in [-0.39, 0.29) is 18.3 Å². The van der Waals surface area contributed by atoms with Gasteiger partial charge in [0.2, 0.25) is 0 Å². The van der Waals surface area contributed by atoms with Crippen LogP contribution >= 0.6 is 23.7 Å². The van der Waals surface area contributed by atoms with Crippen LogP contribution in [-0.4, -0.2) is 61.7 Å². The molecule has 0 spiro atoms. The summed E-state index contributed by atoms with van der Waals surface area (Å²) >= 11 is 1.47. The van der Waals surface area contributed by atoms with Gasteiger partial charge >= 0.3 is 5.97 Å². The number of benzene rings is 2. The number of ether oxygens (including phenoxy) is 2. The van der Waals surface area contributed by atoms with Crippen LogP contribution in [0.3, 0.4) is 0 Å². The number of carbonyl (C=O) groups excluding carboxylic acids is 2. The summed E-state index contributed by atoms with van der Waals surface area (Å²) in [6.07, 6.45) is 0. The Morgan fingerprint density at radius 1 is 0.970 bits per heavy atom. The lowest BCUT2D eigenvalue weighted by Gasteiger charge is -2.24. The van der Waals surface area contributed by atoms with Crippen LogP contribution in [0.5, 0.6) is 5.75 Å². The number of halogens is 1. The van der Waals surface area contributed by atoms with Crippen LogP contribution in [0, 0.1) is 0 Å². The number of methoxy groups -OCH3 is 1. The van der Waals surface area contributed by atoms with Crippen LogP contribution in [0.4, 0.5) is 5.13 Å². The number of thiazole rings is 1. The zero-order chi connectivity index (χ0) is 23.1. The van der Waals surface area contributed by atoms with Crippen molar-refractivity contribution >= 4 is 51.0 Å². The highest BCUT2D eigenvalue weighted by Gasteiger charge is 2.22. The van der Waals surface area contributed by atoms with Crippen LogP contribution in [0.15, 0.2) is 42.5 Å². The van der Waals surface area contributed by atoms with Crippen LogP contribution in [0.2, 0.25) is 0 Å². The monoisotopic (exact) mass is 491 g/mol.